The van der Waals surface area contributed by atoms with Crippen LogP contribution >= 0.6 is 0 Å². The van der Waals surface area contributed by atoms with E-state index in [1.807, 2.05) is 24.5 Å². The fraction of sp³-hybridized carbons (Fsp3) is 0.471. The van der Waals surface area contributed by atoms with Crippen LogP contribution in [0.5, 0.6) is 0 Å². The maximum absolute atomic E-state index is 5.62. The van der Waals surface area contributed by atoms with Crippen molar-refractivity contribution >= 4 is 0 Å². The number of hydrogen-bond donors (Lipinski definition) is 0. The van der Waals surface area contributed by atoms with Crippen molar-refractivity contribution in [1.82, 2.24) is 9.88 Å². The van der Waals surface area contributed by atoms with E-state index in [2.05, 4.69) is 35.9 Å². The van der Waals surface area contributed by atoms with E-state index in [-0.39, 0.29) is 0 Å². The Morgan fingerprint density at radius 1 is 1.19 bits per heavy atom. The molecule has 0 unspecified atom stereocenters. The van der Waals surface area contributed by atoms with E-state index < -0.39 is 0 Å². The van der Waals surface area contributed by atoms with Gasteiger partial charge in [-0.05, 0) is 50.1 Å². The molecule has 2 rings (SSSR count). The Bertz CT molecular complexity index is 483. The quantitative estimate of drug-likeness (QED) is 0.662. The molecule has 0 aliphatic carbocycles. The molecule has 0 aliphatic rings. The minimum absolute atomic E-state index is 0.295. The largest absolute Gasteiger partial charge is 0.468 e. The molecule has 0 radical (unpaired) electrons. The number of nitrogens with zero attached hydrogens (tertiary/aromatic N) is 2. The topological polar surface area (TPSA) is 38.5 Å². The summed E-state index contributed by atoms with van der Waals surface area (Å²) in [6.45, 7) is 7.62. The number of hydrogen-bond acceptors (Lipinski definition) is 4. The standard InChI is InChI=1S/C17H24N2O2/c1-15(2)20-12-4-10-19(14-17-5-3-11-21-17)13-16-6-8-18-9-7-16/h3,5-9,11,15H,4,10,12-14H2,1-2H3. The third kappa shape index (κ3) is 6.10. The lowest BCUT2D eigenvalue weighted by Gasteiger charge is -2.21. The highest BCUT2D eigenvalue weighted by atomic mass is 16.5. The third-order valence-electron chi connectivity index (χ3n) is 3.18. The van der Waals surface area contributed by atoms with E-state index in [0.29, 0.717) is 6.10 Å². The van der Waals surface area contributed by atoms with Crippen LogP contribution in [0.25, 0.3) is 0 Å². The first-order chi connectivity index (χ1) is 10.2. The van der Waals surface area contributed by atoms with Gasteiger partial charge in [-0.2, -0.15) is 0 Å². The summed E-state index contributed by atoms with van der Waals surface area (Å²) in [5.41, 5.74) is 1.27. The lowest BCUT2D eigenvalue weighted by atomic mass is 10.2. The van der Waals surface area contributed by atoms with Crippen LogP contribution in [0.4, 0.5) is 0 Å². The monoisotopic (exact) mass is 288 g/mol. The first-order valence-corrected chi connectivity index (χ1v) is 7.49. The van der Waals surface area contributed by atoms with Gasteiger partial charge >= 0.3 is 0 Å². The van der Waals surface area contributed by atoms with Crippen molar-refractivity contribution in [2.45, 2.75) is 39.5 Å². The summed E-state index contributed by atoms with van der Waals surface area (Å²) in [6, 6.07) is 8.06. The smallest absolute Gasteiger partial charge is 0.117 e. The SMILES string of the molecule is CC(C)OCCCN(Cc1ccncc1)Cc1ccco1. The van der Waals surface area contributed by atoms with E-state index in [4.69, 9.17) is 9.15 Å². The Morgan fingerprint density at radius 3 is 2.67 bits per heavy atom. The van der Waals surface area contributed by atoms with Gasteiger partial charge in [0.25, 0.3) is 0 Å². The van der Waals surface area contributed by atoms with Gasteiger partial charge in [-0.25, -0.2) is 0 Å². The van der Waals surface area contributed by atoms with Gasteiger partial charge in [-0.15, -0.1) is 0 Å². The highest BCUT2D eigenvalue weighted by Crippen LogP contribution is 2.10. The van der Waals surface area contributed by atoms with Gasteiger partial charge in [0.1, 0.15) is 5.76 Å². The number of rotatable bonds is 9. The van der Waals surface area contributed by atoms with E-state index in [9.17, 15) is 0 Å². The first-order valence-electron chi connectivity index (χ1n) is 7.49. The van der Waals surface area contributed by atoms with Crippen molar-refractivity contribution in [2.24, 2.45) is 0 Å². The highest BCUT2D eigenvalue weighted by molar-refractivity contribution is 5.09. The molecule has 0 bridgehead atoms. The molecule has 0 aliphatic heterocycles. The van der Waals surface area contributed by atoms with Crippen molar-refractivity contribution in [3.8, 4) is 0 Å². The van der Waals surface area contributed by atoms with Crippen LogP contribution in [0.15, 0.2) is 47.3 Å². The summed E-state index contributed by atoms with van der Waals surface area (Å²) in [4.78, 5) is 6.44. The summed E-state index contributed by atoms with van der Waals surface area (Å²) >= 11 is 0. The van der Waals surface area contributed by atoms with Gasteiger partial charge in [-0.1, -0.05) is 0 Å². The molecule has 2 heterocycles. The molecular weight excluding hydrogens is 264 g/mol. The molecule has 0 aromatic carbocycles. The predicted octanol–water partition coefficient (Wildman–Crippen LogP) is 3.49. The molecule has 0 saturated heterocycles. The van der Waals surface area contributed by atoms with Gasteiger partial charge in [-0.3, -0.25) is 9.88 Å². The Morgan fingerprint density at radius 2 is 2.00 bits per heavy atom. The minimum atomic E-state index is 0.295. The highest BCUT2D eigenvalue weighted by Gasteiger charge is 2.09. The Balaban J connectivity index is 1.87. The van der Waals surface area contributed by atoms with Gasteiger partial charge < -0.3 is 9.15 Å². The van der Waals surface area contributed by atoms with E-state index in [1.165, 1.54) is 5.56 Å². The van der Waals surface area contributed by atoms with Crippen LogP contribution in [0.1, 0.15) is 31.6 Å². The van der Waals surface area contributed by atoms with Gasteiger partial charge in [0.15, 0.2) is 0 Å². The molecule has 0 N–H and O–H groups in total. The van der Waals surface area contributed by atoms with Crippen molar-refractivity contribution in [3.05, 3.63) is 54.2 Å². The summed E-state index contributed by atoms with van der Waals surface area (Å²) in [5, 5.41) is 0. The second-order valence-electron chi connectivity index (χ2n) is 5.42. The Labute approximate surface area is 126 Å². The van der Waals surface area contributed by atoms with Crippen LogP contribution in [0.3, 0.4) is 0 Å². The van der Waals surface area contributed by atoms with Crippen LogP contribution in [-0.4, -0.2) is 29.1 Å². The van der Waals surface area contributed by atoms with Crippen LogP contribution in [0.2, 0.25) is 0 Å². The molecule has 4 heteroatoms. The Hall–Kier alpha value is -1.65. The van der Waals surface area contributed by atoms with Crippen molar-refractivity contribution < 1.29 is 9.15 Å². The lowest BCUT2D eigenvalue weighted by Crippen LogP contribution is -2.25. The molecule has 2 aromatic rings. The zero-order valence-corrected chi connectivity index (χ0v) is 12.9. The Kier molecular flexibility index (Phi) is 6.44. The number of ether oxygens (including phenoxy) is 1. The van der Waals surface area contributed by atoms with Gasteiger partial charge in [0, 0.05) is 32.1 Å². The van der Waals surface area contributed by atoms with E-state index >= 15 is 0 Å². The fourth-order valence-electron chi connectivity index (χ4n) is 2.19. The minimum Gasteiger partial charge on any atom is -0.468 e. The zero-order valence-electron chi connectivity index (χ0n) is 12.9. The summed E-state index contributed by atoms with van der Waals surface area (Å²) in [5.74, 6) is 0.994. The van der Waals surface area contributed by atoms with Crippen LogP contribution in [-0.2, 0) is 17.8 Å². The second kappa shape index (κ2) is 8.60. The molecule has 0 atom stereocenters. The van der Waals surface area contributed by atoms with Crippen molar-refractivity contribution in [3.63, 3.8) is 0 Å². The summed E-state index contributed by atoms with van der Waals surface area (Å²) < 4.78 is 11.1. The average molecular weight is 288 g/mol. The third-order valence-corrected chi connectivity index (χ3v) is 3.18. The number of aromatic nitrogens is 1. The fourth-order valence-corrected chi connectivity index (χ4v) is 2.19. The molecule has 4 nitrogen and oxygen atoms in total. The van der Waals surface area contributed by atoms with Crippen LogP contribution in [0, 0.1) is 0 Å². The number of pyridine rings is 1. The van der Waals surface area contributed by atoms with E-state index in [0.717, 1.165) is 38.4 Å². The maximum atomic E-state index is 5.62. The predicted molar refractivity (Wildman–Crippen MR) is 82.8 cm³/mol. The molecule has 114 valence electrons. The van der Waals surface area contributed by atoms with Crippen molar-refractivity contribution in [1.29, 1.82) is 0 Å². The number of furan rings is 1. The van der Waals surface area contributed by atoms with Crippen molar-refractivity contribution in [2.75, 3.05) is 13.2 Å². The lowest BCUT2D eigenvalue weighted by molar-refractivity contribution is 0.0687. The molecular formula is C17H24N2O2. The molecule has 0 saturated carbocycles. The van der Waals surface area contributed by atoms with Gasteiger partial charge in [0.2, 0.25) is 0 Å². The average Bonchev–Trinajstić information content (AvgIpc) is 2.97. The van der Waals surface area contributed by atoms with Gasteiger partial charge in [0.05, 0.1) is 18.9 Å². The second-order valence-corrected chi connectivity index (χ2v) is 5.42. The molecule has 0 fully saturated rings. The normalized spacial score (nSPS) is 11.4. The molecule has 0 spiro atoms. The maximum Gasteiger partial charge on any atom is 0.117 e. The first kappa shape index (κ1) is 15.7. The zero-order chi connectivity index (χ0) is 14.9. The molecule has 2 aromatic heterocycles. The summed E-state index contributed by atoms with van der Waals surface area (Å²) in [7, 11) is 0. The molecule has 0 amide bonds. The summed E-state index contributed by atoms with van der Waals surface area (Å²) in [6.07, 6.45) is 6.71. The van der Waals surface area contributed by atoms with E-state index in [1.54, 1.807) is 6.26 Å². The molecule has 21 heavy (non-hydrogen) atoms. The van der Waals surface area contributed by atoms with Crippen LogP contribution < -0.4 is 0 Å².